The molecule has 4 heteroatoms. The Hall–Kier alpha value is -1.94. The highest BCUT2D eigenvalue weighted by atomic mass is 16.4. The molecule has 0 saturated carbocycles. The summed E-state index contributed by atoms with van der Waals surface area (Å²) in [4.78, 5) is 17.6. The highest BCUT2D eigenvalue weighted by molar-refractivity contribution is 5.96. The minimum absolute atomic E-state index is 0.336. The molecule has 0 saturated heterocycles. The topological polar surface area (TPSA) is 45.8 Å². The van der Waals surface area contributed by atoms with Gasteiger partial charge in [-0.25, -0.2) is 4.79 Å². The summed E-state index contributed by atoms with van der Waals surface area (Å²) in [5, 5.41) is 0.908. The van der Waals surface area contributed by atoms with Crippen LogP contribution < -0.4 is 5.63 Å². The lowest BCUT2D eigenvalue weighted by molar-refractivity contribution is 0.421. The number of likely N-dealkylation sites (N-methyl/N-ethyl adjacent to an activating group) is 1. The van der Waals surface area contributed by atoms with Crippen molar-refractivity contribution < 1.29 is 4.42 Å². The number of benzene rings is 1. The number of aliphatic imine (C=N–C) groups is 1. The smallest absolute Gasteiger partial charge is 0.336 e. The monoisotopic (exact) mass is 244 g/mol. The maximum absolute atomic E-state index is 11.2. The van der Waals surface area contributed by atoms with E-state index in [1.165, 1.54) is 6.07 Å². The van der Waals surface area contributed by atoms with Crippen molar-refractivity contribution >= 4 is 17.2 Å². The van der Waals surface area contributed by atoms with Crippen LogP contribution in [0.4, 0.5) is 0 Å². The van der Waals surface area contributed by atoms with Crippen molar-refractivity contribution in [3.63, 3.8) is 0 Å². The fraction of sp³-hybridized carbons (Fsp3) is 0.286. The molecular formula is C14H16N2O2. The Bertz CT molecular complexity index is 614. The third-order valence-corrected chi connectivity index (χ3v) is 2.58. The molecule has 0 amide bonds. The quantitative estimate of drug-likeness (QED) is 0.608. The second-order valence-corrected chi connectivity index (χ2v) is 4.36. The van der Waals surface area contributed by atoms with Gasteiger partial charge in [0.05, 0.1) is 6.54 Å². The minimum Gasteiger partial charge on any atom is -0.422 e. The Kier molecular flexibility index (Phi) is 3.89. The lowest BCUT2D eigenvalue weighted by Crippen LogP contribution is -2.15. The van der Waals surface area contributed by atoms with Gasteiger partial charge < -0.3 is 9.32 Å². The highest BCUT2D eigenvalue weighted by Crippen LogP contribution is 2.15. The Balaban J connectivity index is 2.27. The van der Waals surface area contributed by atoms with Gasteiger partial charge in [-0.1, -0.05) is 12.1 Å². The number of para-hydroxylation sites is 1. The van der Waals surface area contributed by atoms with Gasteiger partial charge in [-0.05, 0) is 26.2 Å². The van der Waals surface area contributed by atoms with Crippen molar-refractivity contribution in [2.75, 3.05) is 27.2 Å². The summed E-state index contributed by atoms with van der Waals surface area (Å²) >= 11 is 0. The van der Waals surface area contributed by atoms with E-state index in [1.807, 2.05) is 32.3 Å². The van der Waals surface area contributed by atoms with Gasteiger partial charge in [-0.3, -0.25) is 4.99 Å². The number of nitrogens with zero attached hydrogens (tertiary/aromatic N) is 2. The van der Waals surface area contributed by atoms with Crippen LogP contribution in [0.2, 0.25) is 0 Å². The maximum atomic E-state index is 11.2. The summed E-state index contributed by atoms with van der Waals surface area (Å²) in [5.74, 6) is 0. The van der Waals surface area contributed by atoms with Gasteiger partial charge in [-0.15, -0.1) is 0 Å². The molecule has 0 atom stereocenters. The van der Waals surface area contributed by atoms with E-state index in [0.29, 0.717) is 5.58 Å². The Morgan fingerprint density at radius 3 is 2.89 bits per heavy atom. The highest BCUT2D eigenvalue weighted by Gasteiger charge is 2.01. The molecule has 2 rings (SSSR count). The summed E-state index contributed by atoms with van der Waals surface area (Å²) in [6, 6.07) is 8.92. The largest absolute Gasteiger partial charge is 0.422 e. The molecule has 2 aromatic rings. The molecule has 0 spiro atoms. The zero-order valence-corrected chi connectivity index (χ0v) is 10.6. The fourth-order valence-corrected chi connectivity index (χ4v) is 1.64. The second kappa shape index (κ2) is 5.60. The van der Waals surface area contributed by atoms with Crippen LogP contribution in [0.3, 0.4) is 0 Å². The van der Waals surface area contributed by atoms with Crippen LogP contribution in [0.25, 0.3) is 11.0 Å². The molecule has 0 aliphatic heterocycles. The van der Waals surface area contributed by atoms with Gasteiger partial charge in [0.25, 0.3) is 0 Å². The number of fused-ring (bicyclic) bond motifs is 1. The molecule has 94 valence electrons. The number of rotatable bonds is 4. The van der Waals surface area contributed by atoms with Crippen molar-refractivity contribution in [1.82, 2.24) is 4.90 Å². The van der Waals surface area contributed by atoms with Gasteiger partial charge in [0.15, 0.2) is 0 Å². The molecule has 0 aliphatic rings. The maximum Gasteiger partial charge on any atom is 0.336 e. The molecule has 1 aromatic heterocycles. The normalized spacial score (nSPS) is 11.7. The molecule has 0 aliphatic carbocycles. The zero-order valence-electron chi connectivity index (χ0n) is 10.6. The molecule has 0 bridgehead atoms. The summed E-state index contributed by atoms with van der Waals surface area (Å²) in [7, 11) is 4.01. The van der Waals surface area contributed by atoms with E-state index in [9.17, 15) is 4.79 Å². The third-order valence-electron chi connectivity index (χ3n) is 2.58. The predicted molar refractivity (Wildman–Crippen MR) is 73.5 cm³/mol. The summed E-state index contributed by atoms with van der Waals surface area (Å²) < 4.78 is 5.21. The molecule has 18 heavy (non-hydrogen) atoms. The molecule has 1 heterocycles. The molecule has 0 fully saturated rings. The standard InChI is InChI=1S/C14H16N2O2/c1-16(2)9-8-15-10-12-5-3-4-11-6-7-13(17)18-14(11)12/h3-7,10H,8-9H2,1-2H3. The van der Waals surface area contributed by atoms with Crippen LogP contribution >= 0.6 is 0 Å². The number of hydrogen-bond acceptors (Lipinski definition) is 4. The van der Waals surface area contributed by atoms with E-state index in [2.05, 4.69) is 9.89 Å². The average Bonchev–Trinajstić information content (AvgIpc) is 2.34. The van der Waals surface area contributed by atoms with Crippen LogP contribution in [0.1, 0.15) is 5.56 Å². The van der Waals surface area contributed by atoms with E-state index in [0.717, 1.165) is 24.0 Å². The molecule has 0 radical (unpaired) electrons. The van der Waals surface area contributed by atoms with E-state index in [-0.39, 0.29) is 5.63 Å². The second-order valence-electron chi connectivity index (χ2n) is 4.36. The molecule has 4 nitrogen and oxygen atoms in total. The van der Waals surface area contributed by atoms with Crippen LogP contribution in [0.5, 0.6) is 0 Å². The van der Waals surface area contributed by atoms with Crippen molar-refractivity contribution in [3.8, 4) is 0 Å². The van der Waals surface area contributed by atoms with Crippen molar-refractivity contribution in [2.45, 2.75) is 0 Å². The van der Waals surface area contributed by atoms with E-state index < -0.39 is 0 Å². The predicted octanol–water partition coefficient (Wildman–Crippen LogP) is 1.77. The Morgan fingerprint density at radius 2 is 2.11 bits per heavy atom. The summed E-state index contributed by atoms with van der Waals surface area (Å²) in [6.45, 7) is 1.62. The first-order valence-corrected chi connectivity index (χ1v) is 5.84. The van der Waals surface area contributed by atoms with Crippen LogP contribution in [0.15, 0.2) is 44.5 Å². The summed E-state index contributed by atoms with van der Waals surface area (Å²) in [6.07, 6.45) is 1.76. The van der Waals surface area contributed by atoms with Crippen LogP contribution in [-0.4, -0.2) is 38.3 Å². The van der Waals surface area contributed by atoms with E-state index >= 15 is 0 Å². The Labute approximate surface area is 106 Å². The fourth-order valence-electron chi connectivity index (χ4n) is 1.64. The molecular weight excluding hydrogens is 228 g/mol. The van der Waals surface area contributed by atoms with Gasteiger partial charge in [-0.2, -0.15) is 0 Å². The van der Waals surface area contributed by atoms with Gasteiger partial charge >= 0.3 is 5.63 Å². The number of hydrogen-bond donors (Lipinski definition) is 0. The average molecular weight is 244 g/mol. The van der Waals surface area contributed by atoms with Crippen molar-refractivity contribution in [2.24, 2.45) is 4.99 Å². The van der Waals surface area contributed by atoms with Gasteiger partial charge in [0.1, 0.15) is 5.58 Å². The lowest BCUT2D eigenvalue weighted by atomic mass is 10.1. The first kappa shape index (κ1) is 12.5. The van der Waals surface area contributed by atoms with Gasteiger partial charge in [0, 0.05) is 29.8 Å². The summed E-state index contributed by atoms with van der Waals surface area (Å²) in [5.41, 5.74) is 1.10. The van der Waals surface area contributed by atoms with Crippen LogP contribution in [0, 0.1) is 0 Å². The van der Waals surface area contributed by atoms with Gasteiger partial charge in [0.2, 0.25) is 0 Å². The first-order valence-electron chi connectivity index (χ1n) is 5.84. The van der Waals surface area contributed by atoms with Crippen LogP contribution in [-0.2, 0) is 0 Å². The van der Waals surface area contributed by atoms with Crippen molar-refractivity contribution in [1.29, 1.82) is 0 Å². The lowest BCUT2D eigenvalue weighted by Gasteiger charge is -2.05. The molecule has 0 unspecified atom stereocenters. The van der Waals surface area contributed by atoms with Crippen molar-refractivity contribution in [3.05, 3.63) is 46.3 Å². The molecule has 0 N–H and O–H groups in total. The Morgan fingerprint density at radius 1 is 1.28 bits per heavy atom. The van der Waals surface area contributed by atoms with E-state index in [4.69, 9.17) is 4.42 Å². The third kappa shape index (κ3) is 3.05. The first-order chi connectivity index (χ1) is 8.66. The molecule has 1 aromatic carbocycles. The van der Waals surface area contributed by atoms with E-state index in [1.54, 1.807) is 12.3 Å². The zero-order chi connectivity index (χ0) is 13.0. The SMILES string of the molecule is CN(C)CCN=Cc1cccc2ccc(=O)oc12. The minimum atomic E-state index is -0.336.